The summed E-state index contributed by atoms with van der Waals surface area (Å²) in [6.45, 7) is 3.16. The number of nitrogens with zero attached hydrogens (tertiary/aromatic N) is 2. The number of rotatable bonds is 8. The molecule has 0 radical (unpaired) electrons. The number of methoxy groups -OCH3 is 1. The van der Waals surface area contributed by atoms with Crippen LogP contribution in [0, 0.1) is 0 Å². The van der Waals surface area contributed by atoms with Crippen LogP contribution in [0.4, 0.5) is 11.6 Å². The first-order valence-corrected chi connectivity index (χ1v) is 6.24. The van der Waals surface area contributed by atoms with Gasteiger partial charge in [-0.25, -0.2) is 9.97 Å². The Bertz CT molecular complexity index is 389. The molecule has 7 heteroatoms. The molecule has 0 atom stereocenters. The molecule has 0 aliphatic heterocycles. The second kappa shape index (κ2) is 8.25. The van der Waals surface area contributed by atoms with Crippen molar-refractivity contribution < 1.29 is 9.53 Å². The van der Waals surface area contributed by atoms with Crippen LogP contribution in [0.5, 0.6) is 0 Å². The number of hydrogen-bond donors (Lipinski definition) is 3. The highest BCUT2D eigenvalue weighted by molar-refractivity contribution is 5.80. The van der Waals surface area contributed by atoms with E-state index in [9.17, 15) is 4.79 Å². The second-order valence-corrected chi connectivity index (χ2v) is 3.85. The summed E-state index contributed by atoms with van der Waals surface area (Å²) in [6.07, 6.45) is 0.740. The molecule has 3 N–H and O–H groups in total. The third-order valence-electron chi connectivity index (χ3n) is 2.40. The lowest BCUT2D eigenvalue weighted by atomic mass is 10.4. The lowest BCUT2D eigenvalue weighted by Crippen LogP contribution is -2.32. The molecule has 0 aliphatic rings. The largest absolute Gasteiger partial charge is 0.383 e. The zero-order valence-corrected chi connectivity index (χ0v) is 11.6. The van der Waals surface area contributed by atoms with E-state index in [1.807, 2.05) is 6.92 Å². The van der Waals surface area contributed by atoms with Crippen molar-refractivity contribution in [2.75, 3.05) is 44.5 Å². The molecule has 0 bridgehead atoms. The Morgan fingerprint density at radius 2 is 2.11 bits per heavy atom. The molecule has 0 fully saturated rings. The van der Waals surface area contributed by atoms with E-state index in [0.29, 0.717) is 19.0 Å². The first-order chi connectivity index (χ1) is 9.19. The SMILES string of the molecule is CCc1nc(NC)cc(NCC(=O)NCCOC)n1. The van der Waals surface area contributed by atoms with Crippen molar-refractivity contribution in [2.45, 2.75) is 13.3 Å². The number of carbonyl (C=O) groups excluding carboxylic acids is 1. The fourth-order valence-electron chi connectivity index (χ4n) is 1.40. The van der Waals surface area contributed by atoms with Gasteiger partial charge in [0.1, 0.15) is 17.5 Å². The van der Waals surface area contributed by atoms with Crippen molar-refractivity contribution in [3.05, 3.63) is 11.9 Å². The van der Waals surface area contributed by atoms with Gasteiger partial charge in [-0.3, -0.25) is 4.79 Å². The van der Waals surface area contributed by atoms with E-state index in [-0.39, 0.29) is 12.5 Å². The van der Waals surface area contributed by atoms with Gasteiger partial charge in [-0.1, -0.05) is 6.92 Å². The van der Waals surface area contributed by atoms with E-state index in [4.69, 9.17) is 4.74 Å². The molecular formula is C12H21N5O2. The van der Waals surface area contributed by atoms with Crippen molar-refractivity contribution >= 4 is 17.5 Å². The van der Waals surface area contributed by atoms with Crippen molar-refractivity contribution in [1.82, 2.24) is 15.3 Å². The second-order valence-electron chi connectivity index (χ2n) is 3.85. The van der Waals surface area contributed by atoms with E-state index in [1.54, 1.807) is 20.2 Å². The molecule has 0 aliphatic carbocycles. The summed E-state index contributed by atoms with van der Waals surface area (Å²) in [5.41, 5.74) is 0. The highest BCUT2D eigenvalue weighted by Crippen LogP contribution is 2.10. The molecule has 0 unspecified atom stereocenters. The number of ether oxygens (including phenoxy) is 1. The summed E-state index contributed by atoms with van der Waals surface area (Å²) < 4.78 is 4.85. The Morgan fingerprint density at radius 1 is 1.37 bits per heavy atom. The maximum Gasteiger partial charge on any atom is 0.239 e. The first-order valence-electron chi connectivity index (χ1n) is 6.24. The van der Waals surface area contributed by atoms with Crippen LogP contribution in [0.3, 0.4) is 0 Å². The average molecular weight is 267 g/mol. The third kappa shape index (κ3) is 5.52. The van der Waals surface area contributed by atoms with Gasteiger partial charge in [0.15, 0.2) is 0 Å². The number of carbonyl (C=O) groups is 1. The summed E-state index contributed by atoms with van der Waals surface area (Å²) in [5, 5.41) is 8.67. The van der Waals surface area contributed by atoms with Crippen LogP contribution in [-0.2, 0) is 16.0 Å². The monoisotopic (exact) mass is 267 g/mol. The highest BCUT2D eigenvalue weighted by Gasteiger charge is 2.04. The lowest BCUT2D eigenvalue weighted by molar-refractivity contribution is -0.119. The van der Waals surface area contributed by atoms with Crippen molar-refractivity contribution in [1.29, 1.82) is 0 Å². The van der Waals surface area contributed by atoms with Crippen LogP contribution in [0.15, 0.2) is 6.07 Å². The van der Waals surface area contributed by atoms with E-state index >= 15 is 0 Å². The van der Waals surface area contributed by atoms with Gasteiger partial charge in [-0.15, -0.1) is 0 Å². The Kier molecular flexibility index (Phi) is 6.59. The van der Waals surface area contributed by atoms with Gasteiger partial charge in [0.05, 0.1) is 13.2 Å². The van der Waals surface area contributed by atoms with E-state index in [2.05, 4.69) is 25.9 Å². The number of hydrogen-bond acceptors (Lipinski definition) is 6. The molecular weight excluding hydrogens is 246 g/mol. The summed E-state index contributed by atoms with van der Waals surface area (Å²) in [4.78, 5) is 20.1. The lowest BCUT2D eigenvalue weighted by Gasteiger charge is -2.09. The number of nitrogens with one attached hydrogen (secondary N) is 3. The Labute approximate surface area is 113 Å². The van der Waals surface area contributed by atoms with E-state index in [1.165, 1.54) is 0 Å². The van der Waals surface area contributed by atoms with E-state index < -0.39 is 0 Å². The number of amides is 1. The number of aromatic nitrogens is 2. The topological polar surface area (TPSA) is 88.2 Å². The maximum atomic E-state index is 11.5. The first kappa shape index (κ1) is 15.2. The van der Waals surface area contributed by atoms with Crippen LogP contribution in [0.2, 0.25) is 0 Å². The maximum absolute atomic E-state index is 11.5. The smallest absolute Gasteiger partial charge is 0.239 e. The standard InChI is InChI=1S/C12H21N5O2/c1-4-9-16-10(13-2)7-11(17-9)15-8-12(18)14-5-6-19-3/h7H,4-6,8H2,1-3H3,(H,14,18)(H2,13,15,16,17). The zero-order valence-electron chi connectivity index (χ0n) is 11.6. The highest BCUT2D eigenvalue weighted by atomic mass is 16.5. The molecule has 1 rings (SSSR count). The van der Waals surface area contributed by atoms with E-state index in [0.717, 1.165) is 18.1 Å². The van der Waals surface area contributed by atoms with Crippen LogP contribution in [-0.4, -0.2) is 49.7 Å². The minimum Gasteiger partial charge on any atom is -0.383 e. The molecule has 0 spiro atoms. The molecule has 1 aromatic rings. The van der Waals surface area contributed by atoms with Crippen LogP contribution < -0.4 is 16.0 Å². The molecule has 1 heterocycles. The van der Waals surface area contributed by atoms with Crippen molar-refractivity contribution in [2.24, 2.45) is 0 Å². The molecule has 0 saturated carbocycles. The van der Waals surface area contributed by atoms with Gasteiger partial charge in [-0.2, -0.15) is 0 Å². The Balaban J connectivity index is 2.50. The Hall–Kier alpha value is -1.89. The normalized spacial score (nSPS) is 10.1. The van der Waals surface area contributed by atoms with Crippen molar-refractivity contribution in [3.8, 4) is 0 Å². The predicted molar refractivity (Wildman–Crippen MR) is 74.3 cm³/mol. The molecule has 106 valence electrons. The van der Waals surface area contributed by atoms with Gasteiger partial charge >= 0.3 is 0 Å². The molecule has 1 amide bonds. The fraction of sp³-hybridized carbons (Fsp3) is 0.583. The number of anilines is 2. The average Bonchev–Trinajstić information content (AvgIpc) is 2.45. The minimum absolute atomic E-state index is 0.0975. The fourth-order valence-corrected chi connectivity index (χ4v) is 1.40. The quantitative estimate of drug-likeness (QED) is 0.585. The molecule has 0 saturated heterocycles. The van der Waals surface area contributed by atoms with Crippen LogP contribution >= 0.6 is 0 Å². The van der Waals surface area contributed by atoms with Gasteiger partial charge in [0.2, 0.25) is 5.91 Å². The minimum atomic E-state index is -0.0975. The van der Waals surface area contributed by atoms with Crippen LogP contribution in [0.1, 0.15) is 12.7 Å². The number of aryl methyl sites for hydroxylation is 1. The molecule has 7 nitrogen and oxygen atoms in total. The molecule has 0 aromatic carbocycles. The summed E-state index contributed by atoms with van der Waals surface area (Å²) in [7, 11) is 3.39. The third-order valence-corrected chi connectivity index (χ3v) is 2.40. The summed E-state index contributed by atoms with van der Waals surface area (Å²) in [6, 6.07) is 1.77. The van der Waals surface area contributed by atoms with Gasteiger partial charge < -0.3 is 20.7 Å². The Morgan fingerprint density at radius 3 is 2.74 bits per heavy atom. The van der Waals surface area contributed by atoms with Crippen molar-refractivity contribution in [3.63, 3.8) is 0 Å². The van der Waals surface area contributed by atoms with Gasteiger partial charge in [-0.05, 0) is 0 Å². The van der Waals surface area contributed by atoms with Crippen LogP contribution in [0.25, 0.3) is 0 Å². The zero-order chi connectivity index (χ0) is 14.1. The van der Waals surface area contributed by atoms with Gasteiger partial charge in [0.25, 0.3) is 0 Å². The summed E-state index contributed by atoms with van der Waals surface area (Å²) >= 11 is 0. The predicted octanol–water partition coefficient (Wildman–Crippen LogP) is 0.255. The summed E-state index contributed by atoms with van der Waals surface area (Å²) in [5.74, 6) is 2.00. The molecule has 1 aromatic heterocycles. The molecule has 19 heavy (non-hydrogen) atoms. The van der Waals surface area contributed by atoms with Gasteiger partial charge in [0, 0.05) is 33.2 Å².